The van der Waals surface area contributed by atoms with Crippen LogP contribution in [-0.2, 0) is 0 Å². The predicted molar refractivity (Wildman–Crippen MR) is 89.2 cm³/mol. The SMILES string of the molecule is C=C/C=C(\C=C(\N)CC)C(SC)C1CCCCC1=C. The third-order valence-electron chi connectivity index (χ3n) is 3.81. The lowest BCUT2D eigenvalue weighted by atomic mass is 9.80. The number of thioether (sulfide) groups is 1. The fourth-order valence-corrected chi connectivity index (χ4v) is 3.76. The number of allylic oxidation sites excluding steroid dienone is 5. The third-order valence-corrected chi connectivity index (χ3v) is 4.91. The van der Waals surface area contributed by atoms with Crippen LogP contribution in [0.25, 0.3) is 0 Å². The van der Waals surface area contributed by atoms with Gasteiger partial charge in [-0.15, -0.1) is 0 Å². The van der Waals surface area contributed by atoms with E-state index < -0.39 is 0 Å². The van der Waals surface area contributed by atoms with E-state index in [-0.39, 0.29) is 0 Å². The summed E-state index contributed by atoms with van der Waals surface area (Å²) in [6.45, 7) is 10.2. The molecule has 0 spiro atoms. The van der Waals surface area contributed by atoms with E-state index in [4.69, 9.17) is 5.73 Å². The first-order chi connectivity index (χ1) is 9.13. The van der Waals surface area contributed by atoms with Gasteiger partial charge in [0.05, 0.1) is 0 Å². The summed E-state index contributed by atoms with van der Waals surface area (Å²) in [5, 5.41) is 0.455. The first-order valence-corrected chi connectivity index (χ1v) is 8.41. The van der Waals surface area contributed by atoms with Gasteiger partial charge in [-0.25, -0.2) is 0 Å². The van der Waals surface area contributed by atoms with Gasteiger partial charge in [0.1, 0.15) is 0 Å². The Morgan fingerprint density at radius 1 is 1.53 bits per heavy atom. The zero-order chi connectivity index (χ0) is 14.3. The van der Waals surface area contributed by atoms with Crippen LogP contribution in [0, 0.1) is 5.92 Å². The van der Waals surface area contributed by atoms with E-state index >= 15 is 0 Å². The van der Waals surface area contributed by atoms with Crippen LogP contribution in [-0.4, -0.2) is 11.5 Å². The van der Waals surface area contributed by atoms with Gasteiger partial charge >= 0.3 is 0 Å². The standard InChI is InChI=1S/C17H27NS/c1-5-9-14(12-15(18)6-2)17(19-4)16-11-8-7-10-13(16)3/h5,9,12,16-17H,1,3,6-8,10-11,18H2,2,4H3/b14-9+,15-12+. The Hall–Kier alpha value is -0.890. The summed E-state index contributed by atoms with van der Waals surface area (Å²) in [7, 11) is 0. The smallest absolute Gasteiger partial charge is 0.0360 e. The third kappa shape index (κ3) is 4.61. The van der Waals surface area contributed by atoms with Crippen LogP contribution in [0.3, 0.4) is 0 Å². The second-order valence-electron chi connectivity index (χ2n) is 5.14. The number of nitrogens with two attached hydrogens (primary N) is 1. The summed E-state index contributed by atoms with van der Waals surface area (Å²) >= 11 is 1.90. The summed E-state index contributed by atoms with van der Waals surface area (Å²) in [6, 6.07) is 0. The minimum absolute atomic E-state index is 0.455. The fourth-order valence-electron chi connectivity index (χ4n) is 2.68. The highest BCUT2D eigenvalue weighted by Gasteiger charge is 2.27. The predicted octanol–water partition coefficient (Wildman–Crippen LogP) is 4.83. The maximum absolute atomic E-state index is 6.02. The van der Waals surface area contributed by atoms with Crippen molar-refractivity contribution in [2.45, 2.75) is 44.3 Å². The quantitative estimate of drug-likeness (QED) is 0.556. The van der Waals surface area contributed by atoms with Crippen molar-refractivity contribution in [1.82, 2.24) is 0 Å². The van der Waals surface area contributed by atoms with Crippen molar-refractivity contribution in [2.24, 2.45) is 11.7 Å². The summed E-state index contributed by atoms with van der Waals surface area (Å²) in [5.41, 5.74) is 9.65. The van der Waals surface area contributed by atoms with Gasteiger partial charge in [0.15, 0.2) is 0 Å². The van der Waals surface area contributed by atoms with E-state index in [0.717, 1.165) is 12.1 Å². The Bertz CT molecular complexity index is 379. The van der Waals surface area contributed by atoms with E-state index in [9.17, 15) is 0 Å². The van der Waals surface area contributed by atoms with Crippen LogP contribution in [0.4, 0.5) is 0 Å². The highest BCUT2D eigenvalue weighted by atomic mass is 32.2. The van der Waals surface area contributed by atoms with Gasteiger partial charge in [-0.3, -0.25) is 0 Å². The lowest BCUT2D eigenvalue weighted by Gasteiger charge is -2.32. The van der Waals surface area contributed by atoms with E-state index in [2.05, 4.69) is 38.5 Å². The molecule has 106 valence electrons. The van der Waals surface area contributed by atoms with Crippen molar-refractivity contribution >= 4 is 11.8 Å². The maximum atomic E-state index is 6.02. The van der Waals surface area contributed by atoms with Gasteiger partial charge in [-0.1, -0.05) is 44.2 Å². The highest BCUT2D eigenvalue weighted by molar-refractivity contribution is 7.99. The molecule has 0 saturated heterocycles. The molecule has 0 aliphatic heterocycles. The molecule has 1 fully saturated rings. The molecule has 1 saturated carbocycles. The zero-order valence-electron chi connectivity index (χ0n) is 12.3. The average molecular weight is 277 g/mol. The van der Waals surface area contributed by atoms with Crippen molar-refractivity contribution in [3.8, 4) is 0 Å². The van der Waals surface area contributed by atoms with Gasteiger partial charge < -0.3 is 5.73 Å². The number of rotatable bonds is 6. The summed E-state index contributed by atoms with van der Waals surface area (Å²) in [4.78, 5) is 0. The Balaban J connectivity index is 2.99. The zero-order valence-corrected chi connectivity index (χ0v) is 13.1. The Morgan fingerprint density at radius 3 is 2.79 bits per heavy atom. The molecule has 1 nitrogen and oxygen atoms in total. The molecule has 1 aliphatic rings. The molecule has 2 heteroatoms. The summed E-state index contributed by atoms with van der Waals surface area (Å²) < 4.78 is 0. The minimum Gasteiger partial charge on any atom is -0.402 e. The van der Waals surface area contributed by atoms with Crippen molar-refractivity contribution < 1.29 is 0 Å². The molecule has 2 unspecified atom stereocenters. The molecule has 0 heterocycles. The molecule has 2 N–H and O–H groups in total. The summed E-state index contributed by atoms with van der Waals surface area (Å²) in [5.74, 6) is 0.579. The van der Waals surface area contributed by atoms with E-state index in [0.29, 0.717) is 11.2 Å². The van der Waals surface area contributed by atoms with Crippen LogP contribution in [0.5, 0.6) is 0 Å². The molecule has 1 aliphatic carbocycles. The van der Waals surface area contributed by atoms with Crippen molar-refractivity contribution in [3.05, 3.63) is 48.2 Å². The number of hydrogen-bond donors (Lipinski definition) is 1. The molecule has 19 heavy (non-hydrogen) atoms. The highest BCUT2D eigenvalue weighted by Crippen LogP contribution is 2.38. The summed E-state index contributed by atoms with van der Waals surface area (Å²) in [6.07, 6.45) is 14.2. The van der Waals surface area contributed by atoms with Crippen LogP contribution in [0.15, 0.2) is 48.2 Å². The minimum atomic E-state index is 0.455. The molecule has 1 rings (SSSR count). The monoisotopic (exact) mass is 277 g/mol. The van der Waals surface area contributed by atoms with Crippen LogP contribution >= 0.6 is 11.8 Å². The van der Waals surface area contributed by atoms with Gasteiger partial charge in [0.25, 0.3) is 0 Å². The lowest BCUT2D eigenvalue weighted by Crippen LogP contribution is -2.24. The van der Waals surface area contributed by atoms with E-state index in [1.807, 2.05) is 17.8 Å². The Kier molecular flexibility index (Phi) is 7.07. The average Bonchev–Trinajstić information content (AvgIpc) is 2.41. The topological polar surface area (TPSA) is 26.0 Å². The normalized spacial score (nSPS) is 23.3. The van der Waals surface area contributed by atoms with E-state index in [1.54, 1.807) is 0 Å². The molecule has 0 radical (unpaired) electrons. The second kappa shape index (κ2) is 8.31. The molecular formula is C17H27NS. The lowest BCUT2D eigenvalue weighted by molar-refractivity contribution is 0.461. The van der Waals surface area contributed by atoms with Gasteiger partial charge in [0, 0.05) is 10.9 Å². The molecule has 0 aromatic rings. The largest absolute Gasteiger partial charge is 0.402 e. The maximum Gasteiger partial charge on any atom is 0.0360 e. The van der Waals surface area contributed by atoms with Crippen LogP contribution in [0.2, 0.25) is 0 Å². The molecular weight excluding hydrogens is 250 g/mol. The van der Waals surface area contributed by atoms with Crippen molar-refractivity contribution in [1.29, 1.82) is 0 Å². The Morgan fingerprint density at radius 2 is 2.26 bits per heavy atom. The van der Waals surface area contributed by atoms with Gasteiger partial charge in [-0.05, 0) is 49.5 Å². The molecule has 2 atom stereocenters. The first kappa shape index (κ1) is 16.2. The molecule has 0 bridgehead atoms. The van der Waals surface area contributed by atoms with Crippen molar-refractivity contribution in [2.75, 3.05) is 6.26 Å². The van der Waals surface area contributed by atoms with Crippen LogP contribution < -0.4 is 5.73 Å². The van der Waals surface area contributed by atoms with Gasteiger partial charge in [-0.2, -0.15) is 11.8 Å². The molecule has 0 aromatic carbocycles. The van der Waals surface area contributed by atoms with Gasteiger partial charge in [0.2, 0.25) is 0 Å². The Labute approximate surface area is 122 Å². The first-order valence-electron chi connectivity index (χ1n) is 7.13. The molecule has 0 amide bonds. The van der Waals surface area contributed by atoms with Crippen LogP contribution in [0.1, 0.15) is 39.0 Å². The second-order valence-corrected chi connectivity index (χ2v) is 6.12. The van der Waals surface area contributed by atoms with E-state index in [1.165, 1.54) is 36.8 Å². The van der Waals surface area contributed by atoms with Crippen molar-refractivity contribution in [3.63, 3.8) is 0 Å². The fraction of sp³-hybridized carbons (Fsp3) is 0.529. The number of hydrogen-bond acceptors (Lipinski definition) is 2. The molecule has 0 aromatic heterocycles.